The quantitative estimate of drug-likeness (QED) is 0.852. The molecule has 0 saturated carbocycles. The number of benzene rings is 1. The number of aromatic nitrogens is 1. The highest BCUT2D eigenvalue weighted by Gasteiger charge is 2.19. The maximum atomic E-state index is 13.6. The lowest BCUT2D eigenvalue weighted by atomic mass is 10.2. The molecular formula is C16H19FN2O2S. The van der Waals surface area contributed by atoms with E-state index >= 15 is 0 Å². The zero-order valence-corrected chi connectivity index (χ0v) is 13.5. The minimum absolute atomic E-state index is 0.0969. The lowest BCUT2D eigenvalue weighted by molar-refractivity contribution is -0.128. The summed E-state index contributed by atoms with van der Waals surface area (Å²) in [5, 5.41) is 5.80. The summed E-state index contributed by atoms with van der Waals surface area (Å²) in [6.45, 7) is 4.26. The molecule has 1 N–H and O–H groups in total. The van der Waals surface area contributed by atoms with E-state index < -0.39 is 11.9 Å². The maximum Gasteiger partial charge on any atom is 0.261 e. The minimum atomic E-state index is -0.700. The summed E-state index contributed by atoms with van der Waals surface area (Å²) in [7, 11) is 0. The van der Waals surface area contributed by atoms with Gasteiger partial charge in [0, 0.05) is 18.3 Å². The molecule has 1 atom stereocenters. The van der Waals surface area contributed by atoms with Gasteiger partial charge in [-0.3, -0.25) is 4.79 Å². The van der Waals surface area contributed by atoms with Gasteiger partial charge in [-0.2, -0.15) is 0 Å². The monoisotopic (exact) mass is 322 g/mol. The van der Waals surface area contributed by atoms with Gasteiger partial charge in [0.1, 0.15) is 0 Å². The predicted molar refractivity (Wildman–Crippen MR) is 84.7 cm³/mol. The Hall–Kier alpha value is -1.95. The SMILES string of the molecule is CCC(Oc1ccccc1F)C(=O)NCCc1csc(C)n1. The van der Waals surface area contributed by atoms with E-state index in [4.69, 9.17) is 4.74 Å². The van der Waals surface area contributed by atoms with Crippen molar-refractivity contribution >= 4 is 17.2 Å². The normalized spacial score (nSPS) is 12.0. The summed E-state index contributed by atoms with van der Waals surface area (Å²) in [5.41, 5.74) is 0.964. The van der Waals surface area contributed by atoms with Crippen LogP contribution in [0.3, 0.4) is 0 Å². The molecule has 22 heavy (non-hydrogen) atoms. The van der Waals surface area contributed by atoms with Gasteiger partial charge in [-0.05, 0) is 25.5 Å². The number of nitrogens with one attached hydrogen (secondary N) is 1. The molecule has 118 valence electrons. The van der Waals surface area contributed by atoms with E-state index in [2.05, 4.69) is 10.3 Å². The van der Waals surface area contributed by atoms with Crippen molar-refractivity contribution in [1.82, 2.24) is 10.3 Å². The summed E-state index contributed by atoms with van der Waals surface area (Å²) >= 11 is 1.59. The van der Waals surface area contributed by atoms with Crippen LogP contribution in [0.15, 0.2) is 29.6 Å². The van der Waals surface area contributed by atoms with Gasteiger partial charge in [0.15, 0.2) is 17.7 Å². The van der Waals surface area contributed by atoms with Crippen LogP contribution in [0, 0.1) is 12.7 Å². The fraction of sp³-hybridized carbons (Fsp3) is 0.375. The van der Waals surface area contributed by atoms with Crippen LogP contribution in [0.4, 0.5) is 4.39 Å². The van der Waals surface area contributed by atoms with Crippen molar-refractivity contribution < 1.29 is 13.9 Å². The number of nitrogens with zero attached hydrogens (tertiary/aromatic N) is 1. The number of hydrogen-bond acceptors (Lipinski definition) is 4. The minimum Gasteiger partial charge on any atom is -0.478 e. The molecule has 0 aliphatic rings. The topological polar surface area (TPSA) is 51.2 Å². The van der Waals surface area contributed by atoms with Gasteiger partial charge in [0.05, 0.1) is 10.7 Å². The third kappa shape index (κ3) is 4.53. The molecule has 6 heteroatoms. The number of aryl methyl sites for hydroxylation is 1. The van der Waals surface area contributed by atoms with Crippen molar-refractivity contribution in [3.63, 3.8) is 0 Å². The van der Waals surface area contributed by atoms with Crippen molar-refractivity contribution in [3.05, 3.63) is 46.2 Å². The fourth-order valence-electron chi connectivity index (χ4n) is 1.97. The maximum absolute atomic E-state index is 13.6. The second kappa shape index (κ2) is 7.89. The number of carbonyl (C=O) groups is 1. The van der Waals surface area contributed by atoms with Gasteiger partial charge in [-0.15, -0.1) is 11.3 Å². The van der Waals surface area contributed by atoms with E-state index in [-0.39, 0.29) is 11.7 Å². The van der Waals surface area contributed by atoms with Crippen LogP contribution in [0.25, 0.3) is 0 Å². The lowest BCUT2D eigenvalue weighted by Gasteiger charge is -2.17. The molecule has 0 radical (unpaired) electrons. The van der Waals surface area contributed by atoms with Crippen LogP contribution in [0.2, 0.25) is 0 Å². The standard InChI is InChI=1S/C16H19FN2O2S/c1-3-14(21-15-7-5-4-6-13(15)17)16(20)18-9-8-12-10-22-11(2)19-12/h4-7,10,14H,3,8-9H2,1-2H3,(H,18,20). The van der Waals surface area contributed by atoms with Crippen molar-refractivity contribution in [3.8, 4) is 5.75 Å². The molecule has 0 spiro atoms. The summed E-state index contributed by atoms with van der Waals surface area (Å²) in [4.78, 5) is 16.4. The highest BCUT2D eigenvalue weighted by Crippen LogP contribution is 2.18. The number of halogens is 1. The summed E-state index contributed by atoms with van der Waals surface area (Å²) in [5.74, 6) is -0.607. The summed E-state index contributed by atoms with van der Waals surface area (Å²) < 4.78 is 19.0. The second-order valence-electron chi connectivity index (χ2n) is 4.84. The summed E-state index contributed by atoms with van der Waals surface area (Å²) in [6.07, 6.45) is 0.441. The molecule has 2 rings (SSSR count). The van der Waals surface area contributed by atoms with Crippen molar-refractivity contribution in [2.45, 2.75) is 32.8 Å². The average Bonchev–Trinajstić information content (AvgIpc) is 2.92. The fourth-order valence-corrected chi connectivity index (χ4v) is 2.61. The summed E-state index contributed by atoms with van der Waals surface area (Å²) in [6, 6.07) is 6.08. The van der Waals surface area contributed by atoms with Crippen molar-refractivity contribution in [1.29, 1.82) is 0 Å². The Bertz CT molecular complexity index is 630. The number of rotatable bonds is 7. The molecule has 0 fully saturated rings. The Morgan fingerprint density at radius 1 is 1.45 bits per heavy atom. The largest absolute Gasteiger partial charge is 0.478 e. The Morgan fingerprint density at radius 3 is 2.86 bits per heavy atom. The number of para-hydroxylation sites is 1. The third-order valence-corrected chi connectivity index (χ3v) is 3.94. The number of thiazole rings is 1. The second-order valence-corrected chi connectivity index (χ2v) is 5.91. The van der Waals surface area contributed by atoms with Crippen LogP contribution < -0.4 is 10.1 Å². The zero-order valence-electron chi connectivity index (χ0n) is 12.6. The highest BCUT2D eigenvalue weighted by atomic mass is 32.1. The molecular weight excluding hydrogens is 303 g/mol. The van der Waals surface area contributed by atoms with E-state index in [0.717, 1.165) is 10.7 Å². The molecule has 1 aromatic heterocycles. The predicted octanol–water partition coefficient (Wildman–Crippen LogP) is 3.11. The van der Waals surface area contributed by atoms with Crippen LogP contribution in [-0.2, 0) is 11.2 Å². The van der Waals surface area contributed by atoms with Crippen molar-refractivity contribution in [2.24, 2.45) is 0 Å². The smallest absolute Gasteiger partial charge is 0.261 e. The molecule has 2 aromatic rings. The number of ether oxygens (including phenoxy) is 1. The number of carbonyl (C=O) groups excluding carboxylic acids is 1. The van der Waals surface area contributed by atoms with Gasteiger partial charge in [0.25, 0.3) is 5.91 Å². The van der Waals surface area contributed by atoms with E-state index in [9.17, 15) is 9.18 Å². The third-order valence-electron chi connectivity index (χ3n) is 3.12. The number of hydrogen-bond donors (Lipinski definition) is 1. The zero-order chi connectivity index (χ0) is 15.9. The molecule has 0 bridgehead atoms. The molecule has 0 aliphatic carbocycles. The Balaban J connectivity index is 1.85. The van der Waals surface area contributed by atoms with Crippen LogP contribution in [0.5, 0.6) is 5.75 Å². The van der Waals surface area contributed by atoms with Crippen LogP contribution in [0.1, 0.15) is 24.0 Å². The first-order valence-electron chi connectivity index (χ1n) is 7.20. The molecule has 1 aromatic carbocycles. The molecule has 1 heterocycles. The molecule has 1 unspecified atom stereocenters. The Morgan fingerprint density at radius 2 is 2.23 bits per heavy atom. The van der Waals surface area contributed by atoms with E-state index in [0.29, 0.717) is 19.4 Å². The van der Waals surface area contributed by atoms with Gasteiger partial charge in [0.2, 0.25) is 0 Å². The molecule has 1 amide bonds. The average molecular weight is 322 g/mol. The van der Waals surface area contributed by atoms with Gasteiger partial charge in [-0.25, -0.2) is 9.37 Å². The first-order valence-corrected chi connectivity index (χ1v) is 8.08. The van der Waals surface area contributed by atoms with Gasteiger partial charge >= 0.3 is 0 Å². The first-order chi connectivity index (χ1) is 10.6. The first kappa shape index (κ1) is 16.4. The molecule has 0 aliphatic heterocycles. The molecule has 4 nitrogen and oxygen atoms in total. The number of amides is 1. The molecule has 0 saturated heterocycles. The van der Waals surface area contributed by atoms with E-state index in [1.54, 1.807) is 23.5 Å². The highest BCUT2D eigenvalue weighted by molar-refractivity contribution is 7.09. The van der Waals surface area contributed by atoms with Crippen LogP contribution in [-0.4, -0.2) is 23.5 Å². The lowest BCUT2D eigenvalue weighted by Crippen LogP contribution is -2.39. The van der Waals surface area contributed by atoms with Crippen LogP contribution >= 0.6 is 11.3 Å². The Labute approximate surface area is 133 Å². The van der Waals surface area contributed by atoms with E-state index in [1.807, 2.05) is 19.2 Å². The van der Waals surface area contributed by atoms with E-state index in [1.165, 1.54) is 12.1 Å². The van der Waals surface area contributed by atoms with Gasteiger partial charge in [-0.1, -0.05) is 19.1 Å². The van der Waals surface area contributed by atoms with Gasteiger partial charge < -0.3 is 10.1 Å². The Kier molecular flexibility index (Phi) is 5.89. The van der Waals surface area contributed by atoms with Crippen molar-refractivity contribution in [2.75, 3.05) is 6.54 Å².